The molecule has 0 aliphatic heterocycles. The van der Waals surface area contributed by atoms with Gasteiger partial charge in [0.25, 0.3) is 0 Å². The van der Waals surface area contributed by atoms with E-state index in [1.165, 1.54) is 17.7 Å². The van der Waals surface area contributed by atoms with E-state index in [1.807, 2.05) is 24.7 Å². The number of hydrogen-bond donors (Lipinski definition) is 1. The maximum Gasteiger partial charge on any atom is 0.0918 e. The van der Waals surface area contributed by atoms with E-state index in [1.54, 1.807) is 0 Å². The van der Waals surface area contributed by atoms with Crippen molar-refractivity contribution in [1.29, 1.82) is 0 Å². The fraction of sp³-hybridized carbons (Fsp3) is 0.680. The second-order valence-electron chi connectivity index (χ2n) is 9.31. The summed E-state index contributed by atoms with van der Waals surface area (Å²) in [5, 5.41) is 0. The Hall–Kier alpha value is -1.80. The molecule has 1 aromatic heterocycles. The van der Waals surface area contributed by atoms with Crippen molar-refractivity contribution in [3.8, 4) is 0 Å². The number of aliphatic imine (C=N–C) groups is 1. The molecule has 7 nitrogen and oxygen atoms in total. The van der Waals surface area contributed by atoms with Crippen molar-refractivity contribution in [1.82, 2.24) is 24.6 Å². The second kappa shape index (κ2) is 13.0. The fourth-order valence-corrected chi connectivity index (χ4v) is 4.39. The smallest absolute Gasteiger partial charge is 0.0918 e. The highest BCUT2D eigenvalue weighted by Crippen LogP contribution is 2.32. The number of nitrogens with two attached hydrogens (primary N) is 1. The molecule has 180 valence electrons. The molecule has 0 saturated carbocycles. The van der Waals surface area contributed by atoms with E-state index in [0.717, 1.165) is 38.0 Å². The summed E-state index contributed by atoms with van der Waals surface area (Å²) in [6.45, 7) is 6.72. The molecule has 2 unspecified atom stereocenters. The molecule has 1 aromatic rings. The van der Waals surface area contributed by atoms with Gasteiger partial charge >= 0.3 is 0 Å². The van der Waals surface area contributed by atoms with Crippen molar-refractivity contribution in [3.05, 3.63) is 41.4 Å². The summed E-state index contributed by atoms with van der Waals surface area (Å²) in [6.07, 6.45) is 10.7. The average Bonchev–Trinajstić information content (AvgIpc) is 2.79. The predicted octanol–water partition coefficient (Wildman–Crippen LogP) is 2.81. The summed E-state index contributed by atoms with van der Waals surface area (Å²) in [6, 6.07) is 5.13. The van der Waals surface area contributed by atoms with E-state index in [0.29, 0.717) is 18.6 Å². The minimum absolute atomic E-state index is 0.249. The van der Waals surface area contributed by atoms with Crippen molar-refractivity contribution in [2.24, 2.45) is 10.7 Å². The monoisotopic (exact) mass is 443 g/mol. The Labute approximate surface area is 196 Å². The maximum absolute atomic E-state index is 5.87. The molecule has 1 aliphatic carbocycles. The largest absolute Gasteiger partial charge is 0.350 e. The van der Waals surface area contributed by atoms with Gasteiger partial charge in [-0.3, -0.25) is 14.8 Å². The van der Waals surface area contributed by atoms with Crippen molar-refractivity contribution < 1.29 is 0 Å². The van der Waals surface area contributed by atoms with Gasteiger partial charge in [-0.15, -0.1) is 0 Å². The molecule has 0 bridgehead atoms. The Morgan fingerprint density at radius 1 is 1.28 bits per heavy atom. The Morgan fingerprint density at radius 3 is 2.69 bits per heavy atom. The lowest BCUT2D eigenvalue weighted by atomic mass is 9.91. The number of nitrogens with zero attached hydrogens (tertiary/aromatic N) is 6. The number of pyridine rings is 1. The Kier molecular flexibility index (Phi) is 10.8. The summed E-state index contributed by atoms with van der Waals surface area (Å²) in [5.74, 6) is 0. The van der Waals surface area contributed by atoms with Gasteiger partial charge in [0.05, 0.1) is 29.9 Å². The highest BCUT2D eigenvalue weighted by molar-refractivity contribution is 5.56. The van der Waals surface area contributed by atoms with Crippen LogP contribution in [0.2, 0.25) is 0 Å². The number of hydrogen-bond acceptors (Lipinski definition) is 6. The topological polar surface area (TPSA) is 64.2 Å². The molecule has 2 rings (SSSR count). The van der Waals surface area contributed by atoms with Crippen LogP contribution in [0.25, 0.3) is 0 Å². The van der Waals surface area contributed by atoms with E-state index in [-0.39, 0.29) is 6.17 Å². The van der Waals surface area contributed by atoms with Gasteiger partial charge < -0.3 is 15.5 Å². The van der Waals surface area contributed by atoms with E-state index in [2.05, 4.69) is 74.8 Å². The number of aryl methyl sites for hydroxylation is 1. The lowest BCUT2D eigenvalue weighted by Crippen LogP contribution is -2.47. The molecule has 0 aromatic carbocycles. The first-order valence-electron chi connectivity index (χ1n) is 11.9. The van der Waals surface area contributed by atoms with Gasteiger partial charge in [-0.2, -0.15) is 0 Å². The number of fused-ring (bicyclic) bond motifs is 1. The predicted molar refractivity (Wildman–Crippen MR) is 136 cm³/mol. The van der Waals surface area contributed by atoms with Gasteiger partial charge in [0.1, 0.15) is 0 Å². The third-order valence-electron chi connectivity index (χ3n) is 6.80. The number of rotatable bonds is 12. The minimum Gasteiger partial charge on any atom is -0.350 e. The first-order valence-corrected chi connectivity index (χ1v) is 11.9. The third-order valence-corrected chi connectivity index (χ3v) is 6.80. The highest BCUT2D eigenvalue weighted by atomic mass is 15.3. The Balaban J connectivity index is 2.01. The van der Waals surface area contributed by atoms with E-state index in [9.17, 15) is 0 Å². The Bertz CT molecular complexity index is 746. The molecule has 0 fully saturated rings. The van der Waals surface area contributed by atoms with Crippen molar-refractivity contribution in [2.45, 2.75) is 57.8 Å². The maximum atomic E-state index is 5.87. The Morgan fingerprint density at radius 2 is 2.03 bits per heavy atom. The molecule has 1 heterocycles. The van der Waals surface area contributed by atoms with Gasteiger partial charge in [0, 0.05) is 38.9 Å². The quantitative estimate of drug-likeness (QED) is 0.304. The number of likely N-dealkylation sites (N-methyl/N-ethyl adjacent to an activating group) is 3. The highest BCUT2D eigenvalue weighted by Gasteiger charge is 2.25. The van der Waals surface area contributed by atoms with Gasteiger partial charge in [0.15, 0.2) is 0 Å². The molecular formula is C25H45N7. The van der Waals surface area contributed by atoms with Crippen LogP contribution in [0.4, 0.5) is 0 Å². The molecule has 0 radical (unpaired) electrons. The van der Waals surface area contributed by atoms with Gasteiger partial charge in [-0.05, 0) is 78.5 Å². The second-order valence-corrected chi connectivity index (χ2v) is 9.31. The van der Waals surface area contributed by atoms with Crippen LogP contribution in [0.3, 0.4) is 0 Å². The third kappa shape index (κ3) is 7.37. The molecule has 2 N–H and O–H groups in total. The summed E-state index contributed by atoms with van der Waals surface area (Å²) in [5.41, 5.74) is 9.46. The standard InChI is InChI=1S/C25H45N7/c1-8-23(29(3)4)18-30(5)20(2)32(7)19-28-22(14-15-26)17-31(6)24-13-9-11-21-12-10-16-27-25(21)24/h10,12,14,16,19-20,23-24H,8-9,11,13,15,17-18,26H2,1-7H3/b22-14+,28-19?/t20?,23?,24-/m0/s1. The zero-order chi connectivity index (χ0) is 23.7. The fourth-order valence-electron chi connectivity index (χ4n) is 4.39. The van der Waals surface area contributed by atoms with Crippen LogP contribution in [0.5, 0.6) is 0 Å². The van der Waals surface area contributed by atoms with Crippen molar-refractivity contribution in [3.63, 3.8) is 0 Å². The lowest BCUT2D eigenvalue weighted by Gasteiger charge is -2.35. The summed E-state index contributed by atoms with van der Waals surface area (Å²) < 4.78 is 0. The molecule has 1 aliphatic rings. The van der Waals surface area contributed by atoms with Gasteiger partial charge in [-0.25, -0.2) is 4.99 Å². The first-order chi connectivity index (χ1) is 15.3. The van der Waals surface area contributed by atoms with Crippen LogP contribution in [-0.2, 0) is 6.42 Å². The van der Waals surface area contributed by atoms with Crippen LogP contribution >= 0.6 is 0 Å². The molecule has 0 amide bonds. The molecule has 0 spiro atoms. The van der Waals surface area contributed by atoms with Crippen LogP contribution in [-0.4, -0.2) is 98.0 Å². The van der Waals surface area contributed by atoms with E-state index < -0.39 is 0 Å². The molecule has 7 heteroatoms. The van der Waals surface area contributed by atoms with Gasteiger partial charge in [0.2, 0.25) is 0 Å². The minimum atomic E-state index is 0.249. The zero-order valence-corrected chi connectivity index (χ0v) is 21.3. The lowest BCUT2D eigenvalue weighted by molar-refractivity contribution is 0.115. The van der Waals surface area contributed by atoms with Crippen molar-refractivity contribution in [2.75, 3.05) is 54.9 Å². The SMILES string of the molecule is CCC(CN(C)C(C)N(C)C=N/C(=C/CN)CN(C)[C@H]1CCCc2cccnc21)N(C)C. The van der Waals surface area contributed by atoms with Crippen LogP contribution < -0.4 is 5.73 Å². The molecule has 0 saturated heterocycles. The first kappa shape index (κ1) is 26.5. The molecule has 3 atom stereocenters. The molecule has 32 heavy (non-hydrogen) atoms. The summed E-state index contributed by atoms with van der Waals surface area (Å²) in [4.78, 5) is 18.7. The van der Waals surface area contributed by atoms with Crippen LogP contribution in [0.1, 0.15) is 50.4 Å². The average molecular weight is 444 g/mol. The number of aromatic nitrogens is 1. The van der Waals surface area contributed by atoms with E-state index >= 15 is 0 Å². The van der Waals surface area contributed by atoms with Crippen LogP contribution in [0.15, 0.2) is 35.1 Å². The molecular weight excluding hydrogens is 398 g/mol. The van der Waals surface area contributed by atoms with Crippen LogP contribution in [0, 0.1) is 0 Å². The summed E-state index contributed by atoms with van der Waals surface area (Å²) >= 11 is 0. The summed E-state index contributed by atoms with van der Waals surface area (Å²) in [7, 11) is 10.7. The van der Waals surface area contributed by atoms with Crippen molar-refractivity contribution >= 4 is 6.34 Å². The zero-order valence-electron chi connectivity index (χ0n) is 21.3. The van der Waals surface area contributed by atoms with Gasteiger partial charge in [-0.1, -0.05) is 13.0 Å². The van der Waals surface area contributed by atoms with E-state index in [4.69, 9.17) is 15.7 Å². The normalized spacial score (nSPS) is 19.1.